The summed E-state index contributed by atoms with van der Waals surface area (Å²) in [5.74, 6) is 0.924. The molecule has 154 valence electrons. The van der Waals surface area contributed by atoms with Crippen LogP contribution in [-0.4, -0.2) is 27.4 Å². The highest BCUT2D eigenvalue weighted by Gasteiger charge is 2.26. The number of aryl methyl sites for hydroxylation is 1. The predicted octanol–water partition coefficient (Wildman–Crippen LogP) is 4.88. The molecular formula is C24H26N4OS. The van der Waals surface area contributed by atoms with Crippen molar-refractivity contribution in [2.45, 2.75) is 39.0 Å². The second kappa shape index (κ2) is 9.22. The number of carbonyl (C=O) groups is 1. The minimum absolute atomic E-state index is 0.238. The zero-order valence-corrected chi connectivity index (χ0v) is 17.9. The molecule has 1 aliphatic rings. The molecule has 0 spiro atoms. The number of nitrogens with zero attached hydrogens (tertiary/aromatic N) is 1. The number of fused-ring (bicyclic) bond motifs is 1. The number of H-pyrrole nitrogens is 1. The fourth-order valence-electron chi connectivity index (χ4n) is 3.95. The summed E-state index contributed by atoms with van der Waals surface area (Å²) in [5, 5.41) is 6.87. The van der Waals surface area contributed by atoms with Crippen LogP contribution in [0.3, 0.4) is 0 Å². The smallest absolute Gasteiger partial charge is 0.171 e. The van der Waals surface area contributed by atoms with Crippen LogP contribution in [0.2, 0.25) is 0 Å². The standard InChI is InChI=1S/C24H26N4OS/c1-2-12-26-24(30)28-21-15-17(11-13-25-21)23-18(14-16-7-4-3-5-8-16)22-19(27-23)9-6-10-20(22)29/h3-5,7-8,11,13,15,27H,2,6,9-10,12,14H2,1H3,(H2,25,26,28,30). The van der Waals surface area contributed by atoms with Crippen molar-refractivity contribution in [3.05, 3.63) is 71.0 Å². The van der Waals surface area contributed by atoms with Gasteiger partial charge in [0.25, 0.3) is 0 Å². The van der Waals surface area contributed by atoms with Crippen LogP contribution in [0, 0.1) is 0 Å². The van der Waals surface area contributed by atoms with E-state index >= 15 is 0 Å². The minimum atomic E-state index is 0.238. The Morgan fingerprint density at radius 2 is 2.03 bits per heavy atom. The fourth-order valence-corrected chi connectivity index (χ4v) is 4.15. The maximum Gasteiger partial charge on any atom is 0.171 e. The average Bonchev–Trinajstić information content (AvgIpc) is 3.13. The first-order chi connectivity index (χ1) is 14.7. The highest BCUT2D eigenvalue weighted by molar-refractivity contribution is 7.80. The molecular weight excluding hydrogens is 392 g/mol. The van der Waals surface area contributed by atoms with Gasteiger partial charge in [-0.05, 0) is 54.7 Å². The molecule has 0 aliphatic heterocycles. The second-order valence-electron chi connectivity index (χ2n) is 7.58. The van der Waals surface area contributed by atoms with Gasteiger partial charge in [-0.2, -0.15) is 0 Å². The van der Waals surface area contributed by atoms with E-state index in [4.69, 9.17) is 12.2 Å². The number of rotatable bonds is 6. The van der Waals surface area contributed by atoms with Crippen LogP contribution in [0.5, 0.6) is 0 Å². The SMILES string of the molecule is CCCNC(=S)Nc1cc(-c2[nH]c3c(c2Cc2ccccc2)C(=O)CCC3)ccn1. The minimum Gasteiger partial charge on any atom is -0.362 e. The van der Waals surface area contributed by atoms with E-state index in [1.165, 1.54) is 5.56 Å². The Kier molecular flexibility index (Phi) is 6.23. The number of Topliss-reactive ketones (excluding diaryl/α,β-unsaturated/α-hetero) is 1. The molecule has 3 N–H and O–H groups in total. The number of benzene rings is 1. The Bertz CT molecular complexity index is 1060. The number of hydrogen-bond acceptors (Lipinski definition) is 3. The summed E-state index contributed by atoms with van der Waals surface area (Å²) >= 11 is 5.35. The molecule has 30 heavy (non-hydrogen) atoms. The van der Waals surface area contributed by atoms with E-state index in [9.17, 15) is 4.79 Å². The average molecular weight is 419 g/mol. The maximum atomic E-state index is 12.8. The van der Waals surface area contributed by atoms with Crippen molar-refractivity contribution in [3.63, 3.8) is 0 Å². The number of hydrogen-bond donors (Lipinski definition) is 3. The first kappa shape index (κ1) is 20.3. The van der Waals surface area contributed by atoms with Crippen molar-refractivity contribution >= 4 is 28.9 Å². The van der Waals surface area contributed by atoms with Crippen LogP contribution >= 0.6 is 12.2 Å². The fraction of sp³-hybridized carbons (Fsp3) is 0.292. The van der Waals surface area contributed by atoms with Gasteiger partial charge in [0.05, 0.1) is 5.69 Å². The Hall–Kier alpha value is -2.99. The second-order valence-corrected chi connectivity index (χ2v) is 7.99. The van der Waals surface area contributed by atoms with E-state index in [-0.39, 0.29) is 5.78 Å². The van der Waals surface area contributed by atoms with Gasteiger partial charge in [-0.3, -0.25) is 4.79 Å². The summed E-state index contributed by atoms with van der Waals surface area (Å²) in [6.45, 7) is 2.91. The van der Waals surface area contributed by atoms with Gasteiger partial charge in [-0.25, -0.2) is 4.98 Å². The maximum absolute atomic E-state index is 12.8. The Labute approximate surface area is 182 Å². The first-order valence-corrected chi connectivity index (χ1v) is 10.9. The molecule has 5 nitrogen and oxygen atoms in total. The molecule has 0 amide bonds. The normalized spacial score (nSPS) is 13.0. The quantitative estimate of drug-likeness (QED) is 0.498. The molecule has 0 fully saturated rings. The topological polar surface area (TPSA) is 69.8 Å². The zero-order chi connectivity index (χ0) is 20.9. The largest absolute Gasteiger partial charge is 0.362 e. The van der Waals surface area contributed by atoms with Crippen molar-refractivity contribution in [2.24, 2.45) is 0 Å². The van der Waals surface area contributed by atoms with E-state index in [0.717, 1.165) is 60.3 Å². The molecule has 1 aliphatic carbocycles. The highest BCUT2D eigenvalue weighted by atomic mass is 32.1. The summed E-state index contributed by atoms with van der Waals surface area (Å²) in [5.41, 5.74) is 6.20. The van der Waals surface area contributed by atoms with Gasteiger partial charge in [-0.15, -0.1) is 0 Å². The van der Waals surface area contributed by atoms with Gasteiger partial charge in [0.1, 0.15) is 5.82 Å². The first-order valence-electron chi connectivity index (χ1n) is 10.5. The Morgan fingerprint density at radius 3 is 2.83 bits per heavy atom. The van der Waals surface area contributed by atoms with E-state index in [1.54, 1.807) is 6.20 Å². The van der Waals surface area contributed by atoms with Crippen LogP contribution < -0.4 is 10.6 Å². The third-order valence-electron chi connectivity index (χ3n) is 5.34. The number of anilines is 1. The number of carbonyl (C=O) groups excluding carboxylic acids is 1. The molecule has 2 aromatic heterocycles. The van der Waals surface area contributed by atoms with Gasteiger partial charge in [0, 0.05) is 42.4 Å². The number of pyridine rings is 1. The van der Waals surface area contributed by atoms with Crippen LogP contribution in [-0.2, 0) is 12.8 Å². The summed E-state index contributed by atoms with van der Waals surface area (Å²) < 4.78 is 0. The molecule has 0 bridgehead atoms. The van der Waals surface area contributed by atoms with E-state index in [2.05, 4.69) is 39.7 Å². The van der Waals surface area contributed by atoms with Gasteiger partial charge < -0.3 is 15.6 Å². The lowest BCUT2D eigenvalue weighted by atomic mass is 9.90. The lowest BCUT2D eigenvalue weighted by Crippen LogP contribution is -2.29. The number of nitrogens with one attached hydrogen (secondary N) is 3. The van der Waals surface area contributed by atoms with Gasteiger partial charge in [-0.1, -0.05) is 37.3 Å². The van der Waals surface area contributed by atoms with E-state index < -0.39 is 0 Å². The van der Waals surface area contributed by atoms with Crippen LogP contribution in [0.1, 0.15) is 53.4 Å². The molecule has 1 aromatic carbocycles. The molecule has 0 atom stereocenters. The third kappa shape index (κ3) is 4.44. The number of ketones is 1. The van der Waals surface area contributed by atoms with Crippen LogP contribution in [0.4, 0.5) is 5.82 Å². The number of aromatic nitrogens is 2. The molecule has 0 saturated carbocycles. The van der Waals surface area contributed by atoms with Crippen LogP contribution in [0.15, 0.2) is 48.7 Å². The highest BCUT2D eigenvalue weighted by Crippen LogP contribution is 2.35. The van der Waals surface area contributed by atoms with Gasteiger partial charge >= 0.3 is 0 Å². The lowest BCUT2D eigenvalue weighted by Gasteiger charge is -2.12. The van der Waals surface area contributed by atoms with Crippen LogP contribution in [0.25, 0.3) is 11.3 Å². The zero-order valence-electron chi connectivity index (χ0n) is 17.1. The third-order valence-corrected chi connectivity index (χ3v) is 5.59. The number of aromatic amines is 1. The van der Waals surface area contributed by atoms with Crippen molar-refractivity contribution in [3.8, 4) is 11.3 Å². The monoisotopic (exact) mass is 418 g/mol. The molecule has 0 unspecified atom stereocenters. The van der Waals surface area contributed by atoms with Crippen molar-refractivity contribution in [2.75, 3.05) is 11.9 Å². The predicted molar refractivity (Wildman–Crippen MR) is 125 cm³/mol. The molecule has 6 heteroatoms. The van der Waals surface area contributed by atoms with E-state index in [1.807, 2.05) is 30.3 Å². The summed E-state index contributed by atoms with van der Waals surface area (Å²) in [7, 11) is 0. The molecule has 2 heterocycles. The summed E-state index contributed by atoms with van der Waals surface area (Å²) in [6, 6.07) is 14.3. The summed E-state index contributed by atoms with van der Waals surface area (Å²) in [4.78, 5) is 20.7. The Morgan fingerprint density at radius 1 is 1.20 bits per heavy atom. The molecule has 0 radical (unpaired) electrons. The number of thiocarbonyl (C=S) groups is 1. The van der Waals surface area contributed by atoms with Crippen molar-refractivity contribution in [1.82, 2.24) is 15.3 Å². The molecule has 3 aromatic rings. The van der Waals surface area contributed by atoms with Gasteiger partial charge in [0.2, 0.25) is 0 Å². The van der Waals surface area contributed by atoms with Gasteiger partial charge in [0.15, 0.2) is 10.9 Å². The summed E-state index contributed by atoms with van der Waals surface area (Å²) in [6.07, 6.45) is 5.91. The molecule has 4 rings (SSSR count). The van der Waals surface area contributed by atoms with Crippen molar-refractivity contribution in [1.29, 1.82) is 0 Å². The molecule has 0 saturated heterocycles. The van der Waals surface area contributed by atoms with Crippen molar-refractivity contribution < 1.29 is 4.79 Å². The Balaban J connectivity index is 1.71. The lowest BCUT2D eigenvalue weighted by molar-refractivity contribution is 0.0971. The van der Waals surface area contributed by atoms with E-state index in [0.29, 0.717) is 17.4 Å².